The van der Waals surface area contributed by atoms with Crippen LogP contribution >= 0.6 is 11.6 Å². The molecule has 1 aromatic heterocycles. The molecule has 1 aliphatic rings. The molecular formula is C17H12ClNO4. The second-order valence-electron chi connectivity index (χ2n) is 5.09. The van der Waals surface area contributed by atoms with Crippen molar-refractivity contribution in [2.45, 2.75) is 0 Å². The average Bonchev–Trinajstić information content (AvgIpc) is 2.60. The van der Waals surface area contributed by atoms with Gasteiger partial charge >= 0.3 is 0 Å². The van der Waals surface area contributed by atoms with Gasteiger partial charge in [0.05, 0.1) is 0 Å². The number of nitrogens with zero attached hydrogens (tertiary/aromatic N) is 1. The third kappa shape index (κ3) is 2.49. The number of rotatable bonds is 1. The van der Waals surface area contributed by atoms with Gasteiger partial charge in [0.15, 0.2) is 11.5 Å². The molecule has 0 unspecified atom stereocenters. The first-order chi connectivity index (χ1) is 11.2. The summed E-state index contributed by atoms with van der Waals surface area (Å²) in [7, 11) is 0. The number of benzene rings is 2. The second kappa shape index (κ2) is 5.52. The molecule has 0 saturated heterocycles. The lowest BCUT2D eigenvalue weighted by atomic mass is 10.1. The topological polar surface area (TPSA) is 64.2 Å². The summed E-state index contributed by atoms with van der Waals surface area (Å²) in [6.45, 7) is 1.06. The van der Waals surface area contributed by atoms with Crippen LogP contribution in [0.3, 0.4) is 0 Å². The first-order valence-corrected chi connectivity index (χ1v) is 7.44. The Morgan fingerprint density at radius 2 is 1.78 bits per heavy atom. The van der Waals surface area contributed by atoms with E-state index in [1.54, 1.807) is 24.3 Å². The average molecular weight is 330 g/mol. The van der Waals surface area contributed by atoms with Gasteiger partial charge in [-0.3, -0.25) is 0 Å². The molecule has 3 aromatic rings. The van der Waals surface area contributed by atoms with Crippen molar-refractivity contribution in [3.63, 3.8) is 0 Å². The molecule has 0 fully saturated rings. The lowest BCUT2D eigenvalue weighted by Gasteiger charge is -2.18. The molecule has 0 saturated carbocycles. The first-order valence-electron chi connectivity index (χ1n) is 7.06. The zero-order valence-electron chi connectivity index (χ0n) is 12.0. The quantitative estimate of drug-likeness (QED) is 0.544. The van der Waals surface area contributed by atoms with Crippen molar-refractivity contribution in [1.29, 1.82) is 0 Å². The molecule has 4 rings (SSSR count). The summed E-state index contributed by atoms with van der Waals surface area (Å²) in [6.07, 6.45) is 0. The molecule has 0 radical (unpaired) electrons. The Balaban J connectivity index is 1.91. The van der Waals surface area contributed by atoms with Crippen molar-refractivity contribution in [3.05, 3.63) is 52.8 Å². The lowest BCUT2D eigenvalue weighted by molar-refractivity contribution is 0.171. The molecule has 2 aromatic carbocycles. The van der Waals surface area contributed by atoms with Crippen LogP contribution in [0.4, 0.5) is 0 Å². The highest BCUT2D eigenvalue weighted by Gasteiger charge is 2.14. The summed E-state index contributed by atoms with van der Waals surface area (Å²) >= 11 is 5.99. The summed E-state index contributed by atoms with van der Waals surface area (Å²) in [6, 6.07) is 12.4. The van der Waals surface area contributed by atoms with E-state index in [1.165, 1.54) is 0 Å². The Morgan fingerprint density at radius 1 is 0.957 bits per heavy atom. The zero-order chi connectivity index (χ0) is 15.8. The van der Waals surface area contributed by atoms with E-state index in [1.807, 2.05) is 18.2 Å². The molecular weight excluding hydrogens is 318 g/mol. The van der Waals surface area contributed by atoms with Crippen molar-refractivity contribution in [2.75, 3.05) is 13.2 Å². The number of hydrogen-bond donors (Lipinski definition) is 1. The summed E-state index contributed by atoms with van der Waals surface area (Å²) in [5.41, 5.74) is 1.38. The predicted molar refractivity (Wildman–Crippen MR) is 85.0 cm³/mol. The summed E-state index contributed by atoms with van der Waals surface area (Å²) in [5.74, 6) is 1.94. The summed E-state index contributed by atoms with van der Waals surface area (Å²) in [4.78, 5) is 0. The van der Waals surface area contributed by atoms with Crippen LogP contribution in [-0.2, 0) is 0 Å². The minimum atomic E-state index is 0.388. The Bertz CT molecular complexity index is 964. The molecule has 5 nitrogen and oxygen atoms in total. The minimum absolute atomic E-state index is 0.388. The van der Waals surface area contributed by atoms with E-state index in [0.717, 1.165) is 5.56 Å². The van der Waals surface area contributed by atoms with Gasteiger partial charge < -0.3 is 19.1 Å². The molecule has 116 valence electrons. The Hall–Kier alpha value is -2.66. The van der Waals surface area contributed by atoms with Crippen LogP contribution in [0.2, 0.25) is 5.02 Å². The van der Waals surface area contributed by atoms with Crippen LogP contribution in [-0.4, -0.2) is 18.4 Å². The van der Waals surface area contributed by atoms with Gasteiger partial charge in [0.25, 0.3) is 0 Å². The van der Waals surface area contributed by atoms with Gasteiger partial charge in [-0.25, -0.2) is 0 Å². The van der Waals surface area contributed by atoms with Crippen LogP contribution in [0, 0.1) is 0 Å². The smallest absolute Gasteiger partial charge is 0.162 e. The number of ether oxygens (including phenoxy) is 2. The molecule has 0 atom stereocenters. The Morgan fingerprint density at radius 3 is 2.61 bits per heavy atom. The fourth-order valence-corrected chi connectivity index (χ4v) is 2.73. The fourth-order valence-electron chi connectivity index (χ4n) is 2.56. The Labute approximate surface area is 136 Å². The van der Waals surface area contributed by atoms with E-state index in [9.17, 15) is 5.21 Å². The maximum Gasteiger partial charge on any atom is 0.162 e. The molecule has 0 amide bonds. The highest BCUT2D eigenvalue weighted by Crippen LogP contribution is 2.34. The monoisotopic (exact) mass is 329 g/mol. The van der Waals surface area contributed by atoms with Gasteiger partial charge in [-0.1, -0.05) is 16.8 Å². The van der Waals surface area contributed by atoms with E-state index in [2.05, 4.69) is 5.16 Å². The minimum Gasteiger partial charge on any atom is -0.486 e. The summed E-state index contributed by atoms with van der Waals surface area (Å²) in [5, 5.41) is 14.2. The zero-order valence-corrected chi connectivity index (χ0v) is 12.7. The summed E-state index contributed by atoms with van der Waals surface area (Å²) < 4.78 is 17.0. The molecule has 1 aliphatic heterocycles. The van der Waals surface area contributed by atoms with Crippen LogP contribution in [0.25, 0.3) is 22.3 Å². The molecule has 2 heterocycles. The van der Waals surface area contributed by atoms with Crippen LogP contribution in [0.5, 0.6) is 11.5 Å². The molecule has 0 bridgehead atoms. The van der Waals surface area contributed by atoms with Gasteiger partial charge in [-0.15, -0.1) is 0 Å². The van der Waals surface area contributed by atoms with Gasteiger partial charge in [-0.05, 0) is 36.4 Å². The second-order valence-corrected chi connectivity index (χ2v) is 5.53. The van der Waals surface area contributed by atoms with E-state index in [0.29, 0.717) is 51.8 Å². The third-order valence-electron chi connectivity index (χ3n) is 3.64. The predicted octanol–water partition coefficient (Wildman–Crippen LogP) is 3.81. The van der Waals surface area contributed by atoms with Crippen molar-refractivity contribution in [2.24, 2.45) is 5.16 Å². The van der Waals surface area contributed by atoms with Crippen molar-refractivity contribution >= 4 is 22.6 Å². The highest BCUT2D eigenvalue weighted by molar-refractivity contribution is 6.31. The van der Waals surface area contributed by atoms with E-state index >= 15 is 0 Å². The Kier molecular flexibility index (Phi) is 3.35. The van der Waals surface area contributed by atoms with Crippen LogP contribution < -0.4 is 14.8 Å². The molecule has 23 heavy (non-hydrogen) atoms. The number of halogens is 1. The molecule has 0 aliphatic carbocycles. The highest BCUT2D eigenvalue weighted by atomic mass is 35.5. The molecule has 0 spiro atoms. The van der Waals surface area contributed by atoms with E-state index < -0.39 is 0 Å². The van der Waals surface area contributed by atoms with Gasteiger partial charge in [0, 0.05) is 22.0 Å². The van der Waals surface area contributed by atoms with Crippen LogP contribution in [0.15, 0.2) is 52.0 Å². The standard InChI is InChI=1S/C17H12ClNO4/c18-11-2-4-14-12(8-11)13(19-20)9-16(23-14)10-1-3-15-17(7-10)22-6-5-21-15/h1-4,7-9,20H,5-6H2/b19-13+. The number of fused-ring (bicyclic) bond motifs is 2. The van der Waals surface area contributed by atoms with Gasteiger partial charge in [0.1, 0.15) is 29.9 Å². The van der Waals surface area contributed by atoms with Crippen molar-refractivity contribution < 1.29 is 19.1 Å². The maximum atomic E-state index is 9.29. The fraction of sp³-hybridized carbons (Fsp3) is 0.118. The third-order valence-corrected chi connectivity index (χ3v) is 3.87. The molecule has 6 heteroatoms. The van der Waals surface area contributed by atoms with Crippen molar-refractivity contribution in [1.82, 2.24) is 0 Å². The first kappa shape index (κ1) is 14.0. The normalized spacial score (nSPS) is 14.2. The number of hydrogen-bond acceptors (Lipinski definition) is 5. The van der Waals surface area contributed by atoms with Gasteiger partial charge in [0.2, 0.25) is 0 Å². The van der Waals surface area contributed by atoms with E-state index in [-0.39, 0.29) is 0 Å². The molecule has 1 N–H and O–H groups in total. The van der Waals surface area contributed by atoms with Gasteiger partial charge in [-0.2, -0.15) is 0 Å². The van der Waals surface area contributed by atoms with Crippen molar-refractivity contribution in [3.8, 4) is 22.8 Å². The maximum absolute atomic E-state index is 9.29. The van der Waals surface area contributed by atoms with E-state index in [4.69, 9.17) is 25.5 Å². The lowest BCUT2D eigenvalue weighted by Crippen LogP contribution is -2.15. The SMILES string of the molecule is O/N=c1\cc(-c2ccc3c(c2)OCCO3)oc2ccc(Cl)cc12. The largest absolute Gasteiger partial charge is 0.486 e. The van der Waals surface area contributed by atoms with Crippen LogP contribution in [0.1, 0.15) is 0 Å².